The zero-order chi connectivity index (χ0) is 8.06. The lowest BCUT2D eigenvalue weighted by molar-refractivity contribution is -0.143. The molecular weight excluding hydrogens is 168 g/mol. The minimum Gasteiger partial charge on any atom is -0.458 e. The molecule has 0 aromatic carbocycles. The molecule has 1 heterocycles. The summed E-state index contributed by atoms with van der Waals surface area (Å²) in [7, 11) is 0. The van der Waals surface area contributed by atoms with E-state index in [0.29, 0.717) is 0 Å². The molecule has 0 saturated carbocycles. The number of ether oxygens (including phenoxy) is 1. The van der Waals surface area contributed by atoms with Crippen molar-refractivity contribution >= 4 is 17.6 Å². The van der Waals surface area contributed by atoms with E-state index < -0.39 is 16.9 Å². The second-order valence-electron chi connectivity index (χ2n) is 2.78. The quantitative estimate of drug-likeness (QED) is 0.348. The van der Waals surface area contributed by atoms with Crippen LogP contribution in [0.25, 0.3) is 0 Å². The summed E-state index contributed by atoms with van der Waals surface area (Å²) >= 11 is 5.86. The van der Waals surface area contributed by atoms with Crippen LogP contribution >= 0.6 is 11.6 Å². The molecular formula is C7H7ClO3. The van der Waals surface area contributed by atoms with Gasteiger partial charge in [0.05, 0.1) is 6.61 Å². The van der Waals surface area contributed by atoms with Gasteiger partial charge in [-0.3, -0.25) is 0 Å². The molecule has 0 amide bonds. The van der Waals surface area contributed by atoms with E-state index in [1.165, 1.54) is 0 Å². The van der Waals surface area contributed by atoms with Gasteiger partial charge in [0, 0.05) is 5.92 Å². The van der Waals surface area contributed by atoms with Crippen LogP contribution in [0.4, 0.5) is 0 Å². The van der Waals surface area contributed by atoms with Crippen molar-refractivity contribution in [2.75, 3.05) is 6.61 Å². The fourth-order valence-electron chi connectivity index (χ4n) is 1.43. The van der Waals surface area contributed by atoms with Gasteiger partial charge in [-0.25, -0.2) is 4.79 Å². The van der Waals surface area contributed by atoms with Gasteiger partial charge in [0.1, 0.15) is 6.10 Å². The first kappa shape index (κ1) is 7.13. The van der Waals surface area contributed by atoms with E-state index in [1.807, 2.05) is 0 Å². The van der Waals surface area contributed by atoms with Crippen LogP contribution in [0.3, 0.4) is 0 Å². The number of aliphatic hydroxyl groups excluding tert-OH is 1. The largest absolute Gasteiger partial charge is 0.458 e. The maximum atomic E-state index is 11.0. The smallest absolute Gasteiger partial charge is 0.332 e. The summed E-state index contributed by atoms with van der Waals surface area (Å²) in [6.07, 6.45) is 2.96. The average molecular weight is 175 g/mol. The van der Waals surface area contributed by atoms with Crippen LogP contribution in [-0.4, -0.2) is 28.7 Å². The minimum absolute atomic E-state index is 0.137. The monoisotopic (exact) mass is 174 g/mol. The van der Waals surface area contributed by atoms with Gasteiger partial charge in [-0.1, -0.05) is 12.2 Å². The Bertz CT molecular complexity index is 238. The molecule has 0 bridgehead atoms. The topological polar surface area (TPSA) is 46.5 Å². The van der Waals surface area contributed by atoms with E-state index in [2.05, 4.69) is 0 Å². The van der Waals surface area contributed by atoms with E-state index in [4.69, 9.17) is 21.4 Å². The highest BCUT2D eigenvalue weighted by molar-refractivity contribution is 6.37. The van der Waals surface area contributed by atoms with Crippen molar-refractivity contribution in [2.24, 2.45) is 5.92 Å². The second-order valence-corrected chi connectivity index (χ2v) is 3.40. The first-order chi connectivity index (χ1) is 5.18. The van der Waals surface area contributed by atoms with Crippen LogP contribution in [0.2, 0.25) is 0 Å². The SMILES string of the molecule is O=C1OC(CO)C2C=CC12Cl. The zero-order valence-corrected chi connectivity index (χ0v) is 6.41. The van der Waals surface area contributed by atoms with Crippen LogP contribution in [-0.2, 0) is 9.53 Å². The Kier molecular flexibility index (Phi) is 1.29. The van der Waals surface area contributed by atoms with Crippen LogP contribution in [0, 0.1) is 5.92 Å². The Morgan fingerprint density at radius 2 is 2.55 bits per heavy atom. The van der Waals surface area contributed by atoms with Gasteiger partial charge >= 0.3 is 5.97 Å². The Labute approximate surface area is 68.6 Å². The summed E-state index contributed by atoms with van der Waals surface area (Å²) in [5.41, 5.74) is 0. The van der Waals surface area contributed by atoms with Gasteiger partial charge in [-0.15, -0.1) is 11.6 Å². The lowest BCUT2D eigenvalue weighted by atomic mass is 9.80. The molecule has 0 aromatic rings. The molecule has 0 spiro atoms. The van der Waals surface area contributed by atoms with Gasteiger partial charge < -0.3 is 9.84 Å². The zero-order valence-electron chi connectivity index (χ0n) is 5.66. The molecule has 1 aliphatic heterocycles. The number of halogens is 1. The van der Waals surface area contributed by atoms with Crippen molar-refractivity contribution in [1.29, 1.82) is 0 Å². The van der Waals surface area contributed by atoms with E-state index in [1.54, 1.807) is 12.2 Å². The van der Waals surface area contributed by atoms with E-state index in [9.17, 15) is 4.79 Å². The van der Waals surface area contributed by atoms with Gasteiger partial charge in [0.15, 0.2) is 4.87 Å². The first-order valence-corrected chi connectivity index (χ1v) is 3.76. The number of alkyl halides is 1. The van der Waals surface area contributed by atoms with Gasteiger partial charge in [-0.05, 0) is 0 Å². The number of esters is 1. The number of fused-ring (bicyclic) bond motifs is 1. The highest BCUT2D eigenvalue weighted by Crippen LogP contribution is 2.46. The highest BCUT2D eigenvalue weighted by Gasteiger charge is 2.58. The molecule has 3 atom stereocenters. The Morgan fingerprint density at radius 3 is 2.82 bits per heavy atom. The van der Waals surface area contributed by atoms with Crippen LogP contribution in [0.1, 0.15) is 0 Å². The van der Waals surface area contributed by atoms with Crippen molar-refractivity contribution in [1.82, 2.24) is 0 Å². The molecule has 11 heavy (non-hydrogen) atoms. The standard InChI is InChI=1S/C7H7ClO3/c8-7-2-1-4(7)5(3-9)11-6(7)10/h1-2,4-5,9H,3H2. The number of aliphatic hydroxyl groups is 1. The van der Waals surface area contributed by atoms with Crippen molar-refractivity contribution in [3.05, 3.63) is 12.2 Å². The maximum absolute atomic E-state index is 11.0. The first-order valence-electron chi connectivity index (χ1n) is 3.38. The fraction of sp³-hybridized carbons (Fsp3) is 0.571. The minimum atomic E-state index is -0.965. The summed E-state index contributed by atoms with van der Waals surface area (Å²) < 4.78 is 4.82. The average Bonchev–Trinajstić information content (AvgIpc) is 2.12. The number of hydrogen-bond donors (Lipinski definition) is 1. The van der Waals surface area contributed by atoms with Gasteiger partial charge in [-0.2, -0.15) is 0 Å². The Balaban J connectivity index is 2.28. The maximum Gasteiger partial charge on any atom is 0.332 e. The van der Waals surface area contributed by atoms with Crippen LogP contribution in [0.15, 0.2) is 12.2 Å². The molecule has 3 unspecified atom stereocenters. The van der Waals surface area contributed by atoms with E-state index in [0.717, 1.165) is 0 Å². The normalized spacial score (nSPS) is 46.5. The lowest BCUT2D eigenvalue weighted by Gasteiger charge is -2.27. The van der Waals surface area contributed by atoms with E-state index >= 15 is 0 Å². The fourth-order valence-corrected chi connectivity index (χ4v) is 1.76. The van der Waals surface area contributed by atoms with Gasteiger partial charge in [0.2, 0.25) is 0 Å². The predicted molar refractivity (Wildman–Crippen MR) is 38.2 cm³/mol. The third-order valence-corrected chi connectivity index (χ3v) is 2.72. The third-order valence-electron chi connectivity index (χ3n) is 2.18. The highest BCUT2D eigenvalue weighted by atomic mass is 35.5. The van der Waals surface area contributed by atoms with Crippen LogP contribution < -0.4 is 0 Å². The molecule has 60 valence electrons. The number of cyclic esters (lactones) is 1. The van der Waals surface area contributed by atoms with Crippen molar-refractivity contribution < 1.29 is 14.6 Å². The predicted octanol–water partition coefficient (Wildman–Crippen LogP) is 0.0677. The number of hydrogen-bond acceptors (Lipinski definition) is 3. The number of rotatable bonds is 1. The molecule has 0 radical (unpaired) electrons. The van der Waals surface area contributed by atoms with Crippen molar-refractivity contribution in [3.8, 4) is 0 Å². The van der Waals surface area contributed by atoms with Crippen molar-refractivity contribution in [2.45, 2.75) is 11.0 Å². The summed E-state index contributed by atoms with van der Waals surface area (Å²) in [5, 5.41) is 8.75. The summed E-state index contributed by atoms with van der Waals surface area (Å²) in [6, 6.07) is 0. The summed E-state index contributed by atoms with van der Waals surface area (Å²) in [4.78, 5) is 10.0. The second kappa shape index (κ2) is 1.99. The molecule has 1 saturated heterocycles. The Hall–Kier alpha value is -0.540. The molecule has 3 nitrogen and oxygen atoms in total. The molecule has 1 aliphatic carbocycles. The van der Waals surface area contributed by atoms with Gasteiger partial charge in [0.25, 0.3) is 0 Å². The molecule has 1 fully saturated rings. The van der Waals surface area contributed by atoms with Crippen molar-refractivity contribution in [3.63, 3.8) is 0 Å². The molecule has 2 aliphatic rings. The molecule has 2 rings (SSSR count). The lowest BCUT2D eigenvalue weighted by Crippen LogP contribution is -2.40. The summed E-state index contributed by atoms with van der Waals surface area (Å²) in [5.74, 6) is -0.576. The molecule has 0 aromatic heterocycles. The van der Waals surface area contributed by atoms with Crippen LogP contribution in [0.5, 0.6) is 0 Å². The molecule has 4 heteroatoms. The third kappa shape index (κ3) is 0.698. The number of carbonyl (C=O) groups is 1. The Morgan fingerprint density at radius 1 is 1.82 bits per heavy atom. The van der Waals surface area contributed by atoms with E-state index in [-0.39, 0.29) is 12.5 Å². The molecule has 1 N–H and O–H groups in total. The summed E-state index contributed by atoms with van der Waals surface area (Å²) in [6.45, 7) is -0.158. The number of carbonyl (C=O) groups excluding carboxylic acids is 1.